The van der Waals surface area contributed by atoms with Crippen molar-refractivity contribution in [1.82, 2.24) is 14.5 Å². The van der Waals surface area contributed by atoms with Crippen molar-refractivity contribution in [3.63, 3.8) is 0 Å². The molecule has 1 saturated heterocycles. The van der Waals surface area contributed by atoms with Crippen LogP contribution in [0.15, 0.2) is 56.2 Å². The Labute approximate surface area is 176 Å². The van der Waals surface area contributed by atoms with Gasteiger partial charge in [0.25, 0.3) is 0 Å². The molecule has 4 rings (SSSR count). The summed E-state index contributed by atoms with van der Waals surface area (Å²) >= 11 is 9.61. The van der Waals surface area contributed by atoms with E-state index in [4.69, 9.17) is 16.0 Å². The van der Waals surface area contributed by atoms with E-state index in [1.165, 1.54) is 10.4 Å². The molecule has 0 aliphatic carbocycles. The third kappa shape index (κ3) is 3.87. The number of sulfonamides is 1. The summed E-state index contributed by atoms with van der Waals surface area (Å²) in [7, 11) is -3.67. The van der Waals surface area contributed by atoms with Gasteiger partial charge in [-0.15, -0.1) is 10.2 Å². The molecule has 2 heterocycles. The number of aromatic nitrogens is 2. The molecule has 28 heavy (non-hydrogen) atoms. The summed E-state index contributed by atoms with van der Waals surface area (Å²) < 4.78 is 34.2. The Morgan fingerprint density at radius 1 is 0.929 bits per heavy atom. The minimum atomic E-state index is -3.67. The number of piperidine rings is 1. The van der Waals surface area contributed by atoms with E-state index in [1.54, 1.807) is 12.1 Å². The highest BCUT2D eigenvalue weighted by Crippen LogP contribution is 2.32. The van der Waals surface area contributed by atoms with Gasteiger partial charge in [-0.3, -0.25) is 0 Å². The number of nitrogens with zero attached hydrogens (tertiary/aromatic N) is 3. The molecular weight excluding hydrogens is 466 g/mol. The Morgan fingerprint density at radius 2 is 1.54 bits per heavy atom. The number of hydrogen-bond donors (Lipinski definition) is 0. The zero-order valence-corrected chi connectivity index (χ0v) is 18.0. The van der Waals surface area contributed by atoms with Gasteiger partial charge in [0, 0.05) is 28.7 Å². The first-order valence-electron chi connectivity index (χ1n) is 8.85. The first-order valence-corrected chi connectivity index (χ1v) is 11.5. The Balaban J connectivity index is 1.68. The predicted molar refractivity (Wildman–Crippen MR) is 110 cm³/mol. The van der Waals surface area contributed by atoms with E-state index in [2.05, 4.69) is 26.1 Å². The highest BCUT2D eigenvalue weighted by Gasteiger charge is 2.28. The molecule has 1 aromatic heterocycles. The van der Waals surface area contributed by atoms with E-state index in [0.717, 1.165) is 29.3 Å². The molecule has 3 aromatic rings. The summed E-state index contributed by atoms with van der Waals surface area (Å²) in [6.45, 7) is 1.02. The van der Waals surface area contributed by atoms with Gasteiger partial charge in [0.05, 0.1) is 5.02 Å². The van der Waals surface area contributed by atoms with Crippen molar-refractivity contribution in [1.29, 1.82) is 0 Å². The number of halogens is 2. The van der Waals surface area contributed by atoms with Gasteiger partial charge < -0.3 is 4.42 Å². The van der Waals surface area contributed by atoms with Gasteiger partial charge in [-0.2, -0.15) is 4.31 Å². The second kappa shape index (κ2) is 7.94. The second-order valence-corrected chi connectivity index (χ2v) is 9.76. The minimum absolute atomic E-state index is 0.0666. The van der Waals surface area contributed by atoms with Crippen LogP contribution in [0.4, 0.5) is 0 Å². The average Bonchev–Trinajstić information content (AvgIpc) is 3.19. The Morgan fingerprint density at radius 3 is 2.21 bits per heavy atom. The fourth-order valence-electron chi connectivity index (χ4n) is 3.13. The fourth-order valence-corrected chi connectivity index (χ4v) is 5.41. The highest BCUT2D eigenvalue weighted by molar-refractivity contribution is 9.10. The monoisotopic (exact) mass is 481 g/mol. The van der Waals surface area contributed by atoms with E-state index < -0.39 is 10.0 Å². The number of rotatable bonds is 4. The van der Waals surface area contributed by atoms with Crippen molar-refractivity contribution < 1.29 is 12.8 Å². The average molecular weight is 483 g/mol. The number of benzene rings is 2. The third-order valence-corrected chi connectivity index (χ3v) is 7.54. The van der Waals surface area contributed by atoms with Crippen LogP contribution in [0.25, 0.3) is 22.9 Å². The van der Waals surface area contributed by atoms with E-state index >= 15 is 0 Å². The lowest BCUT2D eigenvalue weighted by atomic mass is 10.2. The molecule has 0 spiro atoms. The van der Waals surface area contributed by atoms with Crippen LogP contribution >= 0.6 is 27.5 Å². The van der Waals surface area contributed by atoms with E-state index in [0.29, 0.717) is 24.5 Å². The molecular formula is C19H17BrClN3O3S. The van der Waals surface area contributed by atoms with Crippen molar-refractivity contribution >= 4 is 37.6 Å². The van der Waals surface area contributed by atoms with Crippen LogP contribution in [0.3, 0.4) is 0 Å². The SMILES string of the molecule is O=S(=O)(c1cc(-c2nnc(-c3ccc(Br)cc3)o2)ccc1Cl)N1CCCCC1. The molecule has 0 N–H and O–H groups in total. The van der Waals surface area contributed by atoms with Crippen molar-refractivity contribution in [2.24, 2.45) is 0 Å². The maximum Gasteiger partial charge on any atom is 0.248 e. The van der Waals surface area contributed by atoms with Gasteiger partial charge in [-0.1, -0.05) is 34.0 Å². The highest BCUT2D eigenvalue weighted by atomic mass is 79.9. The molecule has 9 heteroatoms. The maximum atomic E-state index is 13.0. The zero-order valence-electron chi connectivity index (χ0n) is 14.8. The molecule has 2 aromatic carbocycles. The first kappa shape index (κ1) is 19.6. The summed E-state index contributed by atoms with van der Waals surface area (Å²) in [4.78, 5) is 0.0666. The molecule has 0 unspecified atom stereocenters. The molecule has 0 atom stereocenters. The van der Waals surface area contributed by atoms with E-state index in [-0.39, 0.29) is 15.8 Å². The Hall–Kier alpha value is -1.74. The predicted octanol–water partition coefficient (Wildman–Crippen LogP) is 4.99. The van der Waals surface area contributed by atoms with Gasteiger partial charge >= 0.3 is 0 Å². The van der Waals surface area contributed by atoms with E-state index in [1.807, 2.05) is 24.3 Å². The van der Waals surface area contributed by atoms with E-state index in [9.17, 15) is 8.42 Å². The Bertz CT molecular complexity index is 1090. The fraction of sp³-hybridized carbons (Fsp3) is 0.263. The molecule has 6 nitrogen and oxygen atoms in total. The quantitative estimate of drug-likeness (QED) is 0.523. The molecule has 1 aliphatic heterocycles. The van der Waals surface area contributed by atoms with Crippen LogP contribution in [0.5, 0.6) is 0 Å². The zero-order chi connectivity index (χ0) is 19.7. The van der Waals surface area contributed by atoms with Gasteiger partial charge in [0.1, 0.15) is 4.90 Å². The van der Waals surface area contributed by atoms with Crippen LogP contribution in [0, 0.1) is 0 Å². The summed E-state index contributed by atoms with van der Waals surface area (Å²) in [6, 6.07) is 12.2. The molecule has 0 amide bonds. The first-order chi connectivity index (χ1) is 13.4. The second-order valence-electron chi connectivity index (χ2n) is 6.53. The topological polar surface area (TPSA) is 76.3 Å². The van der Waals surface area contributed by atoms with Crippen LogP contribution in [-0.4, -0.2) is 36.0 Å². The molecule has 146 valence electrons. The molecule has 0 saturated carbocycles. The van der Waals surface area contributed by atoms with Gasteiger partial charge in [-0.25, -0.2) is 8.42 Å². The standard InChI is InChI=1S/C19H17BrClN3O3S/c20-15-7-4-13(5-8-15)18-22-23-19(27-18)14-6-9-16(21)17(12-14)28(25,26)24-10-2-1-3-11-24/h4-9,12H,1-3,10-11H2. The maximum absolute atomic E-state index is 13.0. The van der Waals surface area contributed by atoms with Crippen molar-refractivity contribution in [3.8, 4) is 22.9 Å². The molecule has 0 radical (unpaired) electrons. The van der Waals surface area contributed by atoms with Gasteiger partial charge in [-0.05, 0) is 55.3 Å². The van der Waals surface area contributed by atoms with Crippen LogP contribution in [0.1, 0.15) is 19.3 Å². The lowest BCUT2D eigenvalue weighted by molar-refractivity contribution is 0.346. The lowest BCUT2D eigenvalue weighted by Gasteiger charge is -2.26. The molecule has 1 fully saturated rings. The lowest BCUT2D eigenvalue weighted by Crippen LogP contribution is -2.35. The molecule has 1 aliphatic rings. The van der Waals surface area contributed by atoms with Crippen LogP contribution < -0.4 is 0 Å². The van der Waals surface area contributed by atoms with Gasteiger partial charge in [0.2, 0.25) is 21.8 Å². The summed E-state index contributed by atoms with van der Waals surface area (Å²) in [5, 5.41) is 8.32. The molecule has 0 bridgehead atoms. The Kier molecular flexibility index (Phi) is 5.55. The largest absolute Gasteiger partial charge is 0.416 e. The van der Waals surface area contributed by atoms with Crippen LogP contribution in [0.2, 0.25) is 5.02 Å². The normalized spacial score (nSPS) is 15.6. The van der Waals surface area contributed by atoms with Crippen LogP contribution in [-0.2, 0) is 10.0 Å². The minimum Gasteiger partial charge on any atom is -0.416 e. The smallest absolute Gasteiger partial charge is 0.248 e. The summed E-state index contributed by atoms with van der Waals surface area (Å²) in [5.74, 6) is 0.600. The van der Waals surface area contributed by atoms with Gasteiger partial charge in [0.15, 0.2) is 0 Å². The third-order valence-electron chi connectivity index (χ3n) is 4.63. The van der Waals surface area contributed by atoms with Crippen molar-refractivity contribution in [3.05, 3.63) is 52.0 Å². The van der Waals surface area contributed by atoms with Crippen molar-refractivity contribution in [2.45, 2.75) is 24.2 Å². The van der Waals surface area contributed by atoms with Crippen molar-refractivity contribution in [2.75, 3.05) is 13.1 Å². The number of hydrogen-bond acceptors (Lipinski definition) is 5. The summed E-state index contributed by atoms with van der Waals surface area (Å²) in [5.41, 5.74) is 1.29. The summed E-state index contributed by atoms with van der Waals surface area (Å²) in [6.07, 6.45) is 2.76.